The number of hydrogen-bond donors (Lipinski definition) is 3. The average Bonchev–Trinajstić information content (AvgIpc) is 3.19. The largest absolute Gasteiger partial charge is 0.504 e. The van der Waals surface area contributed by atoms with Gasteiger partial charge in [0.25, 0.3) is 0 Å². The van der Waals surface area contributed by atoms with Gasteiger partial charge in [-0.05, 0) is 57.1 Å². The number of sulfone groups is 1. The van der Waals surface area contributed by atoms with E-state index in [9.17, 15) is 18.3 Å². The van der Waals surface area contributed by atoms with E-state index in [1.165, 1.54) is 12.1 Å². The molecule has 148 valence electrons. The van der Waals surface area contributed by atoms with Gasteiger partial charge in [0, 0.05) is 0 Å². The summed E-state index contributed by atoms with van der Waals surface area (Å²) in [6.45, 7) is 3.96. The van der Waals surface area contributed by atoms with Gasteiger partial charge in [-0.1, -0.05) is 30.2 Å². The zero-order chi connectivity index (χ0) is 19.8. The van der Waals surface area contributed by atoms with Gasteiger partial charge in [0.15, 0.2) is 15.6 Å². The Morgan fingerprint density at radius 2 is 2.00 bits per heavy atom. The van der Waals surface area contributed by atoms with Gasteiger partial charge in [0.1, 0.15) is 4.90 Å². The number of halogens is 1. The molecular formula is C19H25ClN2O4S. The lowest BCUT2D eigenvalue weighted by atomic mass is 10.1. The van der Waals surface area contributed by atoms with Crippen LogP contribution in [0, 0.1) is 5.92 Å². The molecule has 3 atom stereocenters. The molecule has 0 saturated heterocycles. The van der Waals surface area contributed by atoms with Crippen molar-refractivity contribution in [1.29, 1.82) is 0 Å². The number of phenols is 1. The monoisotopic (exact) mass is 412 g/mol. The third-order valence-electron chi connectivity index (χ3n) is 5.48. The molecule has 0 aromatic heterocycles. The zero-order valence-corrected chi connectivity index (χ0v) is 17.0. The molecule has 1 fully saturated rings. The van der Waals surface area contributed by atoms with Gasteiger partial charge in [-0.3, -0.25) is 0 Å². The summed E-state index contributed by atoms with van der Waals surface area (Å²) in [5, 5.41) is 15.3. The standard InChI is InChI=1S/C19H25ClN2O4S/c1-11-6-7-13(10-11)27(25,26)18-14(20)8-9-16(17(18)23)22-19(24)21-15-5-3-4-12(15)2/h4,8-9,11,13,15,23H,3,5-7,10H2,1-2H3,(H2,21,22,24)/t11-,13?,15-/m1/s1. The highest BCUT2D eigenvalue weighted by molar-refractivity contribution is 7.92. The number of nitrogens with one attached hydrogen (secondary N) is 2. The number of carbonyl (C=O) groups excluding carboxylic acids is 1. The molecule has 3 rings (SSSR count). The second-order valence-electron chi connectivity index (χ2n) is 7.53. The number of phenolic OH excluding ortho intramolecular Hbond substituents is 1. The molecular weight excluding hydrogens is 388 g/mol. The molecule has 1 aromatic carbocycles. The number of anilines is 1. The number of hydrogen-bond acceptors (Lipinski definition) is 4. The molecule has 3 N–H and O–H groups in total. The third kappa shape index (κ3) is 4.09. The zero-order valence-electron chi connectivity index (χ0n) is 15.5. The van der Waals surface area contributed by atoms with Crippen LogP contribution in [-0.2, 0) is 9.84 Å². The molecule has 0 bridgehead atoms. The first-order valence-electron chi connectivity index (χ1n) is 9.19. The number of rotatable bonds is 4. The van der Waals surface area contributed by atoms with E-state index < -0.39 is 26.9 Å². The molecule has 2 aliphatic carbocycles. The molecule has 2 aliphatic rings. The van der Waals surface area contributed by atoms with Crippen LogP contribution in [-0.4, -0.2) is 30.8 Å². The Kier molecular flexibility index (Phi) is 5.72. The second kappa shape index (κ2) is 7.72. The molecule has 1 aromatic rings. The van der Waals surface area contributed by atoms with Gasteiger partial charge >= 0.3 is 6.03 Å². The van der Waals surface area contributed by atoms with Crippen LogP contribution < -0.4 is 10.6 Å². The van der Waals surface area contributed by atoms with E-state index in [4.69, 9.17) is 11.6 Å². The molecule has 8 heteroatoms. The molecule has 1 saturated carbocycles. The number of carbonyl (C=O) groups is 1. The Morgan fingerprint density at radius 1 is 1.26 bits per heavy atom. The van der Waals surface area contributed by atoms with Crippen LogP contribution in [0.3, 0.4) is 0 Å². The van der Waals surface area contributed by atoms with Crippen molar-refractivity contribution >= 4 is 33.2 Å². The maximum absolute atomic E-state index is 13.0. The van der Waals surface area contributed by atoms with Crippen LogP contribution in [0.15, 0.2) is 28.7 Å². The van der Waals surface area contributed by atoms with Gasteiger partial charge in [-0.25, -0.2) is 13.2 Å². The minimum atomic E-state index is -3.79. The summed E-state index contributed by atoms with van der Waals surface area (Å²) in [4.78, 5) is 12.0. The summed E-state index contributed by atoms with van der Waals surface area (Å²) in [6.07, 6.45) is 5.72. The van der Waals surface area contributed by atoms with Gasteiger partial charge in [0.05, 0.1) is 22.0 Å². The first-order valence-corrected chi connectivity index (χ1v) is 11.1. The predicted molar refractivity (Wildman–Crippen MR) is 106 cm³/mol. The summed E-state index contributed by atoms with van der Waals surface area (Å²) >= 11 is 6.12. The molecule has 1 unspecified atom stereocenters. The van der Waals surface area contributed by atoms with Gasteiger partial charge < -0.3 is 15.7 Å². The quantitative estimate of drug-likeness (QED) is 0.509. The minimum absolute atomic E-state index is 0.0288. The van der Waals surface area contributed by atoms with Crippen molar-refractivity contribution in [2.24, 2.45) is 5.92 Å². The molecule has 27 heavy (non-hydrogen) atoms. The summed E-state index contributed by atoms with van der Waals surface area (Å²) in [6, 6.07) is 2.25. The lowest BCUT2D eigenvalue weighted by Crippen LogP contribution is -2.37. The van der Waals surface area contributed by atoms with Crippen LogP contribution in [0.1, 0.15) is 46.0 Å². The number of allylic oxidation sites excluding steroid dienone is 1. The summed E-state index contributed by atoms with van der Waals surface area (Å²) in [5.74, 6) is -0.184. The molecule has 6 nitrogen and oxygen atoms in total. The topological polar surface area (TPSA) is 95.5 Å². The van der Waals surface area contributed by atoms with Crippen LogP contribution >= 0.6 is 11.6 Å². The normalized spacial score (nSPS) is 25.3. The smallest absolute Gasteiger partial charge is 0.319 e. The highest BCUT2D eigenvalue weighted by atomic mass is 35.5. The van der Waals surface area contributed by atoms with Gasteiger partial charge in [-0.2, -0.15) is 0 Å². The third-order valence-corrected chi connectivity index (χ3v) is 8.19. The Hall–Kier alpha value is -1.73. The Balaban J connectivity index is 1.83. The number of benzene rings is 1. The van der Waals surface area contributed by atoms with Crippen LogP contribution in [0.5, 0.6) is 5.75 Å². The highest BCUT2D eigenvalue weighted by Gasteiger charge is 2.37. The van der Waals surface area contributed by atoms with Crippen LogP contribution in [0.4, 0.5) is 10.5 Å². The van der Waals surface area contributed by atoms with Crippen LogP contribution in [0.25, 0.3) is 0 Å². The van der Waals surface area contributed by atoms with Gasteiger partial charge in [0.2, 0.25) is 0 Å². The maximum Gasteiger partial charge on any atom is 0.319 e. The van der Waals surface area contributed by atoms with Gasteiger partial charge in [-0.15, -0.1) is 0 Å². The van der Waals surface area contributed by atoms with E-state index in [1.807, 2.05) is 13.8 Å². The predicted octanol–water partition coefficient (Wildman–Crippen LogP) is 4.24. The molecule has 0 heterocycles. The highest BCUT2D eigenvalue weighted by Crippen LogP contribution is 2.42. The molecule has 2 amide bonds. The number of aromatic hydroxyl groups is 1. The lowest BCUT2D eigenvalue weighted by molar-refractivity contribution is 0.249. The molecule has 0 aliphatic heterocycles. The summed E-state index contributed by atoms with van der Waals surface area (Å²) in [7, 11) is -3.79. The maximum atomic E-state index is 13.0. The Morgan fingerprint density at radius 3 is 2.59 bits per heavy atom. The molecule has 0 radical (unpaired) electrons. The Labute approximate surface area is 164 Å². The van der Waals surface area contributed by atoms with E-state index >= 15 is 0 Å². The second-order valence-corrected chi connectivity index (χ2v) is 10.1. The summed E-state index contributed by atoms with van der Waals surface area (Å²) in [5.41, 5.74) is 1.12. The summed E-state index contributed by atoms with van der Waals surface area (Å²) < 4.78 is 26.0. The fraction of sp³-hybridized carbons (Fsp3) is 0.526. The van der Waals surface area contributed by atoms with Crippen LogP contribution in [0.2, 0.25) is 5.02 Å². The van der Waals surface area contributed by atoms with Crippen molar-refractivity contribution in [1.82, 2.24) is 5.32 Å². The first-order chi connectivity index (χ1) is 12.7. The van der Waals surface area contributed by atoms with Crippen molar-refractivity contribution in [3.63, 3.8) is 0 Å². The minimum Gasteiger partial charge on any atom is -0.504 e. The number of urea groups is 1. The van der Waals surface area contributed by atoms with E-state index in [1.54, 1.807) is 0 Å². The van der Waals surface area contributed by atoms with Crippen molar-refractivity contribution in [3.8, 4) is 5.75 Å². The van der Waals surface area contributed by atoms with Crippen molar-refractivity contribution in [2.75, 3.05) is 5.32 Å². The Bertz CT molecular complexity index is 882. The molecule has 0 spiro atoms. The average molecular weight is 413 g/mol. The number of amides is 2. The van der Waals surface area contributed by atoms with Crippen molar-refractivity contribution < 1.29 is 18.3 Å². The first kappa shape index (κ1) is 20.0. The van der Waals surface area contributed by atoms with E-state index in [0.29, 0.717) is 18.8 Å². The fourth-order valence-electron chi connectivity index (χ4n) is 3.87. The van der Waals surface area contributed by atoms with Crippen molar-refractivity contribution in [3.05, 3.63) is 28.8 Å². The van der Waals surface area contributed by atoms with E-state index in [-0.39, 0.29) is 21.6 Å². The van der Waals surface area contributed by atoms with Crippen molar-refractivity contribution in [2.45, 2.75) is 62.1 Å². The lowest BCUT2D eigenvalue weighted by Gasteiger charge is -2.18. The SMILES string of the molecule is CC1=CCC[C@H]1NC(=O)Nc1ccc(Cl)c(S(=O)(=O)C2CC[C@@H](C)C2)c1O. The van der Waals surface area contributed by atoms with E-state index in [0.717, 1.165) is 24.8 Å². The fourth-order valence-corrected chi connectivity index (χ4v) is 6.43. The van der Waals surface area contributed by atoms with E-state index in [2.05, 4.69) is 16.7 Å².